The molecule has 11 rings (SSSR count). The molecule has 51 heavy (non-hydrogen) atoms. The van der Waals surface area contributed by atoms with E-state index in [4.69, 9.17) is 19.4 Å². The maximum absolute atomic E-state index is 6.48. The highest BCUT2D eigenvalue weighted by Gasteiger charge is 2.17. The van der Waals surface area contributed by atoms with E-state index in [-0.39, 0.29) is 0 Å². The van der Waals surface area contributed by atoms with Crippen LogP contribution >= 0.6 is 11.3 Å². The molecule has 4 heterocycles. The van der Waals surface area contributed by atoms with Crippen LogP contribution in [0.5, 0.6) is 0 Å². The number of hydrogen-bond donors (Lipinski definition) is 0. The standard InChI is InChI=1S/C45H26N4OS/c1-3-11-27(12-4-1)43-46-44(28-13-5-2-6-14-28)48-45(47-43)29-19-22-39-34(23-29)35-26-42-36(25-40(35)50-39)33-21-20-30(24-41(33)51-42)49-37-17-9-7-15-31(37)32-16-8-10-18-38(32)49/h1-26H. The molecule has 0 radical (unpaired) electrons. The smallest absolute Gasteiger partial charge is 0.164 e. The van der Waals surface area contributed by atoms with Crippen LogP contribution in [0, 0.1) is 0 Å². The van der Waals surface area contributed by atoms with Crippen LogP contribution in [0.15, 0.2) is 162 Å². The van der Waals surface area contributed by atoms with Crippen molar-refractivity contribution in [3.63, 3.8) is 0 Å². The fourth-order valence-corrected chi connectivity index (χ4v) is 8.61. The Hall–Kier alpha value is -6.63. The predicted octanol–water partition coefficient (Wildman–Crippen LogP) is 12.2. The van der Waals surface area contributed by atoms with Gasteiger partial charge in [0.2, 0.25) is 0 Å². The van der Waals surface area contributed by atoms with Crippen LogP contribution in [-0.2, 0) is 0 Å². The molecule has 0 fully saturated rings. The number of nitrogens with zero attached hydrogens (tertiary/aromatic N) is 4. The number of thiophene rings is 1. The van der Waals surface area contributed by atoms with Gasteiger partial charge in [-0.25, -0.2) is 15.0 Å². The number of para-hydroxylation sites is 2. The molecular formula is C45H26N4OS. The molecule has 0 saturated carbocycles. The average Bonchev–Trinajstić information content (AvgIpc) is 3.85. The van der Waals surface area contributed by atoms with E-state index >= 15 is 0 Å². The van der Waals surface area contributed by atoms with Crippen molar-refractivity contribution in [1.29, 1.82) is 0 Å². The summed E-state index contributed by atoms with van der Waals surface area (Å²) in [7, 11) is 0. The van der Waals surface area contributed by atoms with Gasteiger partial charge in [-0.2, -0.15) is 0 Å². The summed E-state index contributed by atoms with van der Waals surface area (Å²) < 4.78 is 11.3. The first-order valence-electron chi connectivity index (χ1n) is 16.9. The first kappa shape index (κ1) is 28.2. The number of rotatable bonds is 4. The SMILES string of the molecule is c1ccc(-c2nc(-c3ccccc3)nc(-c3ccc4oc5cc6c(cc5c4c3)sc3cc(-n4c5ccccc5c5ccccc54)ccc36)n2)cc1. The first-order chi connectivity index (χ1) is 25.2. The second-order valence-corrected chi connectivity index (χ2v) is 13.9. The lowest BCUT2D eigenvalue weighted by atomic mass is 10.1. The zero-order valence-corrected chi connectivity index (χ0v) is 27.9. The minimum Gasteiger partial charge on any atom is -0.456 e. The van der Waals surface area contributed by atoms with Crippen molar-refractivity contribution in [2.24, 2.45) is 0 Å². The number of benzene rings is 7. The Bertz CT molecular complexity index is 3030. The van der Waals surface area contributed by atoms with Crippen molar-refractivity contribution in [1.82, 2.24) is 19.5 Å². The molecule has 6 heteroatoms. The van der Waals surface area contributed by atoms with Gasteiger partial charge in [-0.15, -0.1) is 11.3 Å². The summed E-state index contributed by atoms with van der Waals surface area (Å²) in [6.07, 6.45) is 0. The van der Waals surface area contributed by atoms with Crippen LogP contribution in [0.2, 0.25) is 0 Å². The summed E-state index contributed by atoms with van der Waals surface area (Å²) in [5, 5.41) is 7.08. The van der Waals surface area contributed by atoms with E-state index in [2.05, 4.69) is 89.5 Å². The summed E-state index contributed by atoms with van der Waals surface area (Å²) in [4.78, 5) is 14.8. The van der Waals surface area contributed by atoms with Crippen LogP contribution in [0.25, 0.3) is 104 Å². The van der Waals surface area contributed by atoms with E-state index in [1.54, 1.807) is 0 Å². The third kappa shape index (κ3) is 4.43. The minimum absolute atomic E-state index is 0.625. The average molecular weight is 671 g/mol. The van der Waals surface area contributed by atoms with Crippen LogP contribution < -0.4 is 0 Å². The third-order valence-corrected chi connectivity index (χ3v) is 11.0. The monoisotopic (exact) mass is 670 g/mol. The van der Waals surface area contributed by atoms with Gasteiger partial charge in [-0.3, -0.25) is 0 Å². The van der Waals surface area contributed by atoms with E-state index in [0.29, 0.717) is 17.5 Å². The summed E-state index contributed by atoms with van der Waals surface area (Å²) in [6, 6.07) is 55.0. The second kappa shape index (κ2) is 10.9. The zero-order chi connectivity index (χ0) is 33.5. The van der Waals surface area contributed by atoms with Gasteiger partial charge < -0.3 is 8.98 Å². The summed E-state index contributed by atoms with van der Waals surface area (Å²) in [5.74, 6) is 1.91. The highest BCUT2D eigenvalue weighted by molar-refractivity contribution is 7.25. The van der Waals surface area contributed by atoms with E-state index < -0.39 is 0 Å². The lowest BCUT2D eigenvalue weighted by Gasteiger charge is -2.08. The van der Waals surface area contributed by atoms with E-state index in [1.165, 1.54) is 42.0 Å². The summed E-state index contributed by atoms with van der Waals surface area (Å²) in [5.41, 5.74) is 8.09. The Balaban J connectivity index is 1.06. The van der Waals surface area contributed by atoms with Crippen molar-refractivity contribution >= 4 is 75.3 Å². The van der Waals surface area contributed by atoms with Gasteiger partial charge in [-0.05, 0) is 54.6 Å². The molecule has 0 atom stereocenters. The normalized spacial score (nSPS) is 11.9. The van der Waals surface area contributed by atoms with E-state index in [1.807, 2.05) is 84.1 Å². The Morgan fingerprint density at radius 1 is 0.392 bits per heavy atom. The predicted molar refractivity (Wildman–Crippen MR) is 211 cm³/mol. The molecular weight excluding hydrogens is 645 g/mol. The molecule has 7 aromatic carbocycles. The quantitative estimate of drug-likeness (QED) is 0.187. The molecule has 0 N–H and O–H groups in total. The molecule has 238 valence electrons. The number of furan rings is 1. The molecule has 0 aliphatic rings. The van der Waals surface area contributed by atoms with Gasteiger partial charge in [0.15, 0.2) is 17.5 Å². The van der Waals surface area contributed by atoms with Crippen molar-refractivity contribution in [2.45, 2.75) is 0 Å². The lowest BCUT2D eigenvalue weighted by Crippen LogP contribution is -2.00. The Morgan fingerprint density at radius 2 is 0.961 bits per heavy atom. The van der Waals surface area contributed by atoms with Crippen molar-refractivity contribution in [3.8, 4) is 39.9 Å². The summed E-state index contributed by atoms with van der Waals surface area (Å²) >= 11 is 1.82. The Kier molecular flexibility index (Phi) is 6.05. The highest BCUT2D eigenvalue weighted by atomic mass is 32.1. The maximum Gasteiger partial charge on any atom is 0.164 e. The number of hydrogen-bond acceptors (Lipinski definition) is 5. The van der Waals surface area contributed by atoms with Crippen LogP contribution in [0.1, 0.15) is 0 Å². The van der Waals surface area contributed by atoms with Crippen LogP contribution in [0.3, 0.4) is 0 Å². The fourth-order valence-electron chi connectivity index (χ4n) is 7.45. The largest absolute Gasteiger partial charge is 0.456 e. The third-order valence-electron chi connectivity index (χ3n) is 9.84. The molecule has 0 spiro atoms. The lowest BCUT2D eigenvalue weighted by molar-refractivity contribution is 0.669. The minimum atomic E-state index is 0.625. The molecule has 5 nitrogen and oxygen atoms in total. The van der Waals surface area contributed by atoms with Crippen LogP contribution in [0.4, 0.5) is 0 Å². The van der Waals surface area contributed by atoms with Crippen molar-refractivity contribution < 1.29 is 4.42 Å². The fraction of sp³-hybridized carbons (Fsp3) is 0. The van der Waals surface area contributed by atoms with Crippen molar-refractivity contribution in [3.05, 3.63) is 158 Å². The topological polar surface area (TPSA) is 56.7 Å². The van der Waals surface area contributed by atoms with E-state index in [0.717, 1.165) is 44.3 Å². The molecule has 11 aromatic rings. The van der Waals surface area contributed by atoms with Gasteiger partial charge in [0.1, 0.15) is 11.2 Å². The Labute approximate surface area is 295 Å². The van der Waals surface area contributed by atoms with Gasteiger partial charge >= 0.3 is 0 Å². The molecule has 0 bridgehead atoms. The first-order valence-corrected chi connectivity index (χ1v) is 17.8. The van der Waals surface area contributed by atoms with E-state index in [9.17, 15) is 0 Å². The Morgan fingerprint density at radius 3 is 1.63 bits per heavy atom. The molecule has 0 unspecified atom stereocenters. The summed E-state index contributed by atoms with van der Waals surface area (Å²) in [6.45, 7) is 0. The van der Waals surface area contributed by atoms with Gasteiger partial charge in [-0.1, -0.05) is 103 Å². The van der Waals surface area contributed by atoms with Gasteiger partial charge in [0, 0.05) is 64.1 Å². The number of fused-ring (bicyclic) bond motifs is 9. The van der Waals surface area contributed by atoms with Crippen LogP contribution in [-0.4, -0.2) is 19.5 Å². The van der Waals surface area contributed by atoms with Crippen molar-refractivity contribution in [2.75, 3.05) is 0 Å². The van der Waals surface area contributed by atoms with Gasteiger partial charge in [0.25, 0.3) is 0 Å². The van der Waals surface area contributed by atoms with Gasteiger partial charge in [0.05, 0.1) is 11.0 Å². The second-order valence-electron chi connectivity index (χ2n) is 12.8. The maximum atomic E-state index is 6.48. The zero-order valence-electron chi connectivity index (χ0n) is 27.1. The molecule has 0 aliphatic heterocycles. The molecule has 0 saturated heterocycles. The number of aromatic nitrogens is 4. The molecule has 4 aromatic heterocycles. The molecule has 0 amide bonds. The molecule has 0 aliphatic carbocycles. The highest BCUT2D eigenvalue weighted by Crippen LogP contribution is 2.42.